The van der Waals surface area contributed by atoms with Gasteiger partial charge in [-0.25, -0.2) is 0 Å². The van der Waals surface area contributed by atoms with Gasteiger partial charge in [-0.05, 0) is 48.7 Å². The predicted molar refractivity (Wildman–Crippen MR) is 123 cm³/mol. The smallest absolute Gasteiger partial charge is 0.159 e. The summed E-state index contributed by atoms with van der Waals surface area (Å²) in [6.07, 6.45) is 0.891. The average molecular weight is 454 g/mol. The van der Waals surface area contributed by atoms with E-state index in [0.29, 0.717) is 60.4 Å². The number of piperidine rings is 1. The Morgan fingerprint density at radius 1 is 1.19 bits per heavy atom. The monoisotopic (exact) mass is 453 g/mol. The first-order valence-corrected chi connectivity index (χ1v) is 10.7. The fourth-order valence-corrected chi connectivity index (χ4v) is 4.15. The second-order valence-corrected chi connectivity index (χ2v) is 8.34. The molecule has 1 aliphatic heterocycles. The van der Waals surface area contributed by atoms with Crippen molar-refractivity contribution in [2.45, 2.75) is 25.0 Å². The van der Waals surface area contributed by atoms with Crippen LogP contribution < -0.4 is 15.0 Å². The number of nitrogens with zero attached hydrogens (tertiary/aromatic N) is 4. The molecule has 0 aliphatic carbocycles. The van der Waals surface area contributed by atoms with Crippen LogP contribution in [-0.4, -0.2) is 52.8 Å². The maximum Gasteiger partial charge on any atom is 0.159 e. The molecule has 0 bridgehead atoms. The molecular formula is C23H24ClN5O3. The average Bonchev–Trinajstić information content (AvgIpc) is 2.83. The molecule has 8 nitrogen and oxygen atoms in total. The van der Waals surface area contributed by atoms with E-state index in [0.717, 1.165) is 16.3 Å². The molecule has 0 atom stereocenters. The molecule has 3 N–H and O–H groups in total. The highest BCUT2D eigenvalue weighted by Gasteiger charge is 2.32. The first-order chi connectivity index (χ1) is 15.5. The predicted octanol–water partition coefficient (Wildman–Crippen LogP) is 3.10. The minimum Gasteiger partial charge on any atom is -0.495 e. The number of hydrogen-bond donors (Lipinski definition) is 3. The molecule has 1 aromatic heterocycles. The van der Waals surface area contributed by atoms with Crippen molar-refractivity contribution in [3.8, 4) is 11.8 Å². The summed E-state index contributed by atoms with van der Waals surface area (Å²) in [5.74, 6) is 1.87. The molecule has 2 heterocycles. The van der Waals surface area contributed by atoms with Crippen LogP contribution in [0.4, 0.5) is 11.6 Å². The third-order valence-corrected chi connectivity index (χ3v) is 6.15. The van der Waals surface area contributed by atoms with Gasteiger partial charge in [0.1, 0.15) is 5.75 Å². The van der Waals surface area contributed by atoms with E-state index in [1.165, 1.54) is 0 Å². The number of methoxy groups -OCH3 is 1. The zero-order valence-corrected chi connectivity index (χ0v) is 18.4. The number of nitriles is 1. The lowest BCUT2D eigenvalue weighted by molar-refractivity contribution is -0.0326. The fraction of sp³-hybridized carbons (Fsp3) is 0.348. The molecule has 4 rings (SSSR count). The van der Waals surface area contributed by atoms with Gasteiger partial charge in [-0.1, -0.05) is 17.7 Å². The molecule has 2 aromatic carbocycles. The quantitative estimate of drug-likeness (QED) is 0.521. The number of hydrogen-bond acceptors (Lipinski definition) is 8. The summed E-state index contributed by atoms with van der Waals surface area (Å²) in [4.78, 5) is 2.05. The molecule has 1 saturated heterocycles. The second-order valence-electron chi connectivity index (χ2n) is 7.94. The molecule has 0 unspecified atom stereocenters. The van der Waals surface area contributed by atoms with Gasteiger partial charge in [0, 0.05) is 30.4 Å². The molecule has 32 heavy (non-hydrogen) atoms. The zero-order valence-electron chi connectivity index (χ0n) is 17.7. The van der Waals surface area contributed by atoms with E-state index in [1.807, 2.05) is 24.3 Å². The Hall–Kier alpha value is -3.12. The largest absolute Gasteiger partial charge is 0.495 e. The van der Waals surface area contributed by atoms with Crippen LogP contribution in [0.1, 0.15) is 24.0 Å². The van der Waals surface area contributed by atoms with Crippen LogP contribution in [0.15, 0.2) is 36.4 Å². The van der Waals surface area contributed by atoms with Gasteiger partial charge in [-0.15, -0.1) is 10.2 Å². The maximum atomic E-state index is 10.3. The summed E-state index contributed by atoms with van der Waals surface area (Å²) >= 11 is 6.23. The van der Waals surface area contributed by atoms with Gasteiger partial charge in [-0.3, -0.25) is 0 Å². The summed E-state index contributed by atoms with van der Waals surface area (Å²) in [6, 6.07) is 13.2. The summed E-state index contributed by atoms with van der Waals surface area (Å²) in [5.41, 5.74) is 0.431. The van der Waals surface area contributed by atoms with Crippen LogP contribution in [0, 0.1) is 11.3 Å². The van der Waals surface area contributed by atoms with E-state index in [1.54, 1.807) is 19.2 Å². The van der Waals surface area contributed by atoms with Crippen molar-refractivity contribution in [1.82, 2.24) is 10.2 Å². The highest BCUT2D eigenvalue weighted by atomic mass is 35.5. The van der Waals surface area contributed by atoms with Crippen LogP contribution in [0.25, 0.3) is 10.8 Å². The van der Waals surface area contributed by atoms with Gasteiger partial charge in [0.15, 0.2) is 11.6 Å². The van der Waals surface area contributed by atoms with E-state index < -0.39 is 5.60 Å². The summed E-state index contributed by atoms with van der Waals surface area (Å²) < 4.78 is 5.20. The Morgan fingerprint density at radius 3 is 2.62 bits per heavy atom. The number of aromatic nitrogens is 2. The number of aliphatic hydroxyl groups excluding tert-OH is 1. The summed E-state index contributed by atoms with van der Waals surface area (Å²) in [5, 5.41) is 43.5. The Bertz CT molecular complexity index is 1170. The number of anilines is 2. The maximum absolute atomic E-state index is 10.3. The van der Waals surface area contributed by atoms with Crippen LogP contribution >= 0.6 is 11.6 Å². The van der Waals surface area contributed by atoms with Gasteiger partial charge >= 0.3 is 0 Å². The van der Waals surface area contributed by atoms with Gasteiger partial charge < -0.3 is 25.2 Å². The van der Waals surface area contributed by atoms with E-state index in [-0.39, 0.29) is 6.61 Å². The van der Waals surface area contributed by atoms with Crippen molar-refractivity contribution >= 4 is 34.0 Å². The topological polar surface area (TPSA) is 115 Å². The molecule has 3 aromatic rings. The first kappa shape index (κ1) is 22.1. The summed E-state index contributed by atoms with van der Waals surface area (Å²) in [6.45, 7) is 1.32. The van der Waals surface area contributed by atoms with Crippen molar-refractivity contribution in [1.29, 1.82) is 5.26 Å². The highest BCUT2D eigenvalue weighted by Crippen LogP contribution is 2.33. The molecule has 1 aliphatic rings. The van der Waals surface area contributed by atoms with Crippen LogP contribution in [0.3, 0.4) is 0 Å². The number of benzene rings is 2. The van der Waals surface area contributed by atoms with Crippen molar-refractivity contribution in [3.05, 3.63) is 52.5 Å². The molecule has 9 heteroatoms. The normalized spacial score (nSPS) is 15.4. The molecule has 166 valence electrons. The SMILES string of the molecule is COc1ccc(CNc2nnc(N3CCC(O)(CO)CC3)c3ccc(C#N)cc23)cc1Cl. The molecule has 0 radical (unpaired) electrons. The van der Waals surface area contributed by atoms with E-state index in [2.05, 4.69) is 26.5 Å². The molecule has 0 saturated carbocycles. The number of aliphatic hydroxyl groups is 2. The number of halogens is 1. The highest BCUT2D eigenvalue weighted by molar-refractivity contribution is 6.32. The Kier molecular flexibility index (Phi) is 6.33. The van der Waals surface area contributed by atoms with Crippen molar-refractivity contribution in [2.24, 2.45) is 0 Å². The van der Waals surface area contributed by atoms with Gasteiger partial charge in [-0.2, -0.15) is 5.26 Å². The molecular weight excluding hydrogens is 430 g/mol. The lowest BCUT2D eigenvalue weighted by atomic mass is 9.92. The minimum absolute atomic E-state index is 0.253. The lowest BCUT2D eigenvalue weighted by Crippen LogP contribution is -2.47. The molecule has 1 fully saturated rings. The Labute approximate surface area is 191 Å². The standard InChI is InChI=1S/C23H24ClN5O3/c1-32-20-5-3-16(11-19(20)24)13-26-21-18-10-15(12-25)2-4-17(18)22(28-27-21)29-8-6-23(31,14-30)7-9-29/h2-5,10-11,30-31H,6-9,13-14H2,1H3,(H,26,27). The first-order valence-electron chi connectivity index (χ1n) is 10.3. The van der Waals surface area contributed by atoms with Crippen molar-refractivity contribution < 1.29 is 14.9 Å². The van der Waals surface area contributed by atoms with E-state index in [9.17, 15) is 15.5 Å². The van der Waals surface area contributed by atoms with Crippen LogP contribution in [-0.2, 0) is 6.54 Å². The third-order valence-electron chi connectivity index (χ3n) is 5.85. The van der Waals surface area contributed by atoms with Gasteiger partial charge in [0.25, 0.3) is 0 Å². The number of rotatable bonds is 6. The minimum atomic E-state index is -1.05. The van der Waals surface area contributed by atoms with E-state index >= 15 is 0 Å². The number of ether oxygens (including phenoxy) is 1. The van der Waals surface area contributed by atoms with Gasteiger partial charge in [0.2, 0.25) is 0 Å². The second kappa shape index (κ2) is 9.17. The van der Waals surface area contributed by atoms with Crippen molar-refractivity contribution in [3.63, 3.8) is 0 Å². The Morgan fingerprint density at radius 2 is 1.97 bits per heavy atom. The number of fused-ring (bicyclic) bond motifs is 1. The molecule has 0 amide bonds. The third kappa shape index (κ3) is 4.41. The van der Waals surface area contributed by atoms with Crippen LogP contribution in [0.2, 0.25) is 5.02 Å². The number of nitrogens with one attached hydrogen (secondary N) is 1. The van der Waals surface area contributed by atoms with Gasteiger partial charge in [0.05, 0.1) is 36.0 Å². The summed E-state index contributed by atoms with van der Waals surface area (Å²) in [7, 11) is 1.57. The Balaban J connectivity index is 1.63. The van der Waals surface area contributed by atoms with E-state index in [4.69, 9.17) is 16.3 Å². The van der Waals surface area contributed by atoms with Crippen LogP contribution in [0.5, 0.6) is 5.75 Å². The fourth-order valence-electron chi connectivity index (χ4n) is 3.87. The molecule has 0 spiro atoms. The van der Waals surface area contributed by atoms with Crippen molar-refractivity contribution in [2.75, 3.05) is 37.0 Å². The zero-order chi connectivity index (χ0) is 22.7. The lowest BCUT2D eigenvalue weighted by Gasteiger charge is -2.37.